The van der Waals surface area contributed by atoms with E-state index < -0.39 is 0 Å². The van der Waals surface area contributed by atoms with Gasteiger partial charge in [0.15, 0.2) is 0 Å². The molecular weight excluding hydrogens is 218 g/mol. The highest BCUT2D eigenvalue weighted by atomic mass is 35.5. The Morgan fingerprint density at radius 1 is 1.19 bits per heavy atom. The number of halogens is 1. The molecule has 0 amide bonds. The Bertz CT molecular complexity index is 340. The third-order valence-electron chi connectivity index (χ3n) is 3.30. The van der Waals surface area contributed by atoms with E-state index in [1.807, 2.05) is 12.1 Å². The van der Waals surface area contributed by atoms with Crippen LogP contribution < -0.4 is 0 Å². The Hall–Kier alpha value is -0.530. The largest absolute Gasteiger partial charge is 0.299 e. The van der Waals surface area contributed by atoms with E-state index in [1.165, 1.54) is 25.1 Å². The Morgan fingerprint density at radius 3 is 2.44 bits per heavy atom. The monoisotopic (exact) mass is 237 g/mol. The highest BCUT2D eigenvalue weighted by molar-refractivity contribution is 6.31. The minimum atomic E-state index is 0.811. The van der Waals surface area contributed by atoms with Gasteiger partial charge in [-0.3, -0.25) is 4.90 Å². The van der Waals surface area contributed by atoms with Gasteiger partial charge in [0.05, 0.1) is 0 Å². The molecule has 0 aliphatic carbocycles. The van der Waals surface area contributed by atoms with Crippen molar-refractivity contribution in [3.8, 4) is 0 Å². The maximum absolute atomic E-state index is 6.19. The van der Waals surface area contributed by atoms with E-state index in [0.717, 1.165) is 23.4 Å². The van der Waals surface area contributed by atoms with Crippen molar-refractivity contribution in [3.63, 3.8) is 0 Å². The zero-order valence-electron chi connectivity index (χ0n) is 10.1. The van der Waals surface area contributed by atoms with Crippen LogP contribution in [0.1, 0.15) is 25.8 Å². The van der Waals surface area contributed by atoms with Crippen LogP contribution in [0.25, 0.3) is 0 Å². The first kappa shape index (κ1) is 11.9. The van der Waals surface area contributed by atoms with Crippen molar-refractivity contribution in [1.29, 1.82) is 0 Å². The van der Waals surface area contributed by atoms with Crippen molar-refractivity contribution in [3.05, 3.63) is 34.9 Å². The first-order valence-corrected chi connectivity index (χ1v) is 6.48. The maximum atomic E-state index is 6.19. The maximum Gasteiger partial charge on any atom is 0.0451 e. The second-order valence-electron chi connectivity index (χ2n) is 5.23. The fraction of sp³-hybridized carbons (Fsp3) is 0.571. The number of piperidine rings is 1. The zero-order chi connectivity index (χ0) is 11.5. The molecule has 1 saturated heterocycles. The lowest BCUT2D eigenvalue weighted by Gasteiger charge is -2.35. The van der Waals surface area contributed by atoms with Crippen LogP contribution in [-0.4, -0.2) is 18.0 Å². The molecule has 0 radical (unpaired) electrons. The average Bonchev–Trinajstić information content (AvgIpc) is 2.20. The lowest BCUT2D eigenvalue weighted by Crippen LogP contribution is -2.38. The zero-order valence-corrected chi connectivity index (χ0v) is 10.9. The molecule has 1 aromatic carbocycles. The fourth-order valence-corrected chi connectivity index (χ4v) is 2.98. The van der Waals surface area contributed by atoms with Crippen LogP contribution in [-0.2, 0) is 6.54 Å². The van der Waals surface area contributed by atoms with Gasteiger partial charge < -0.3 is 0 Å². The van der Waals surface area contributed by atoms with E-state index in [0.29, 0.717) is 0 Å². The minimum absolute atomic E-state index is 0.811. The van der Waals surface area contributed by atoms with Gasteiger partial charge >= 0.3 is 0 Å². The standard InChI is InChI=1S/C14H20ClN/c1-11-7-12(2)9-16(8-11)10-13-5-3-4-6-14(13)15/h3-6,11-12H,7-10H2,1-2H3. The van der Waals surface area contributed by atoms with Gasteiger partial charge in [-0.15, -0.1) is 0 Å². The quantitative estimate of drug-likeness (QED) is 0.756. The number of hydrogen-bond donors (Lipinski definition) is 0. The van der Waals surface area contributed by atoms with Gasteiger partial charge in [0.25, 0.3) is 0 Å². The molecule has 1 aliphatic heterocycles. The van der Waals surface area contributed by atoms with Crippen LogP contribution in [0.3, 0.4) is 0 Å². The van der Waals surface area contributed by atoms with Gasteiger partial charge in [0, 0.05) is 24.7 Å². The summed E-state index contributed by atoms with van der Waals surface area (Å²) in [7, 11) is 0. The van der Waals surface area contributed by atoms with Gasteiger partial charge in [-0.25, -0.2) is 0 Å². The summed E-state index contributed by atoms with van der Waals surface area (Å²) in [5.41, 5.74) is 1.26. The molecule has 2 heteroatoms. The molecule has 1 heterocycles. The van der Waals surface area contributed by atoms with Crippen LogP contribution in [0.2, 0.25) is 5.02 Å². The van der Waals surface area contributed by atoms with E-state index >= 15 is 0 Å². The van der Waals surface area contributed by atoms with Gasteiger partial charge in [0.2, 0.25) is 0 Å². The summed E-state index contributed by atoms with van der Waals surface area (Å²) in [6, 6.07) is 8.17. The van der Waals surface area contributed by atoms with Crippen molar-refractivity contribution in [2.24, 2.45) is 11.8 Å². The first-order valence-electron chi connectivity index (χ1n) is 6.11. The van der Waals surface area contributed by atoms with E-state index in [1.54, 1.807) is 0 Å². The summed E-state index contributed by atoms with van der Waals surface area (Å²) < 4.78 is 0. The minimum Gasteiger partial charge on any atom is -0.299 e. The molecule has 0 spiro atoms. The summed E-state index contributed by atoms with van der Waals surface area (Å²) in [5, 5.41) is 0.897. The van der Waals surface area contributed by atoms with Crippen LogP contribution in [0.5, 0.6) is 0 Å². The Labute approximate surface area is 103 Å². The molecule has 2 rings (SSSR count). The highest BCUT2D eigenvalue weighted by Gasteiger charge is 2.21. The van der Waals surface area contributed by atoms with Gasteiger partial charge in [0.1, 0.15) is 0 Å². The van der Waals surface area contributed by atoms with E-state index in [-0.39, 0.29) is 0 Å². The molecular formula is C14H20ClN. The third-order valence-corrected chi connectivity index (χ3v) is 3.66. The molecule has 2 atom stereocenters. The number of likely N-dealkylation sites (tertiary alicyclic amines) is 1. The van der Waals surface area contributed by atoms with Crippen LogP contribution >= 0.6 is 11.6 Å². The van der Waals surface area contributed by atoms with Crippen molar-refractivity contribution >= 4 is 11.6 Å². The number of hydrogen-bond acceptors (Lipinski definition) is 1. The average molecular weight is 238 g/mol. The Kier molecular flexibility index (Phi) is 3.88. The summed E-state index contributed by atoms with van der Waals surface area (Å²) in [6.45, 7) is 8.09. The number of nitrogens with zero attached hydrogens (tertiary/aromatic N) is 1. The van der Waals surface area contributed by atoms with Crippen molar-refractivity contribution < 1.29 is 0 Å². The van der Waals surface area contributed by atoms with Gasteiger partial charge in [-0.05, 0) is 29.9 Å². The third kappa shape index (κ3) is 2.99. The van der Waals surface area contributed by atoms with Gasteiger partial charge in [-0.2, -0.15) is 0 Å². The predicted molar refractivity (Wildman–Crippen MR) is 69.7 cm³/mol. The number of rotatable bonds is 2. The fourth-order valence-electron chi connectivity index (χ4n) is 2.79. The molecule has 1 fully saturated rings. The van der Waals surface area contributed by atoms with Crippen LogP contribution in [0, 0.1) is 11.8 Å². The highest BCUT2D eigenvalue weighted by Crippen LogP contribution is 2.24. The topological polar surface area (TPSA) is 3.24 Å². The molecule has 2 unspecified atom stereocenters. The smallest absolute Gasteiger partial charge is 0.0451 e. The molecule has 1 aromatic rings. The van der Waals surface area contributed by atoms with E-state index in [9.17, 15) is 0 Å². The molecule has 0 saturated carbocycles. The van der Waals surface area contributed by atoms with Crippen molar-refractivity contribution in [2.45, 2.75) is 26.8 Å². The summed E-state index contributed by atoms with van der Waals surface area (Å²) >= 11 is 6.19. The van der Waals surface area contributed by atoms with E-state index in [4.69, 9.17) is 11.6 Å². The lowest BCUT2D eigenvalue weighted by molar-refractivity contribution is 0.134. The number of benzene rings is 1. The summed E-state index contributed by atoms with van der Waals surface area (Å²) in [6.07, 6.45) is 1.36. The molecule has 16 heavy (non-hydrogen) atoms. The molecule has 1 nitrogen and oxygen atoms in total. The molecule has 88 valence electrons. The van der Waals surface area contributed by atoms with Crippen LogP contribution in [0.4, 0.5) is 0 Å². The van der Waals surface area contributed by atoms with Gasteiger partial charge in [-0.1, -0.05) is 43.6 Å². The molecule has 1 aliphatic rings. The van der Waals surface area contributed by atoms with E-state index in [2.05, 4.69) is 30.9 Å². The second kappa shape index (κ2) is 5.20. The predicted octanol–water partition coefficient (Wildman–Crippen LogP) is 3.82. The molecule has 0 N–H and O–H groups in total. The lowest BCUT2D eigenvalue weighted by atomic mass is 9.91. The van der Waals surface area contributed by atoms with Crippen molar-refractivity contribution in [2.75, 3.05) is 13.1 Å². The first-order chi connectivity index (χ1) is 7.65. The molecule has 0 aromatic heterocycles. The Morgan fingerprint density at radius 2 is 1.81 bits per heavy atom. The van der Waals surface area contributed by atoms with Crippen LogP contribution in [0.15, 0.2) is 24.3 Å². The normalized spacial score (nSPS) is 26.9. The molecule has 0 bridgehead atoms. The summed E-state index contributed by atoms with van der Waals surface area (Å²) in [5.74, 6) is 1.62. The second-order valence-corrected chi connectivity index (χ2v) is 5.64. The van der Waals surface area contributed by atoms with Crippen molar-refractivity contribution in [1.82, 2.24) is 4.90 Å². The summed E-state index contributed by atoms with van der Waals surface area (Å²) in [4.78, 5) is 2.53. The Balaban J connectivity index is 2.02. The SMILES string of the molecule is CC1CC(C)CN(Cc2ccccc2Cl)C1.